The maximum Gasteiger partial charge on any atom is 0.235 e. The minimum Gasteiger partial charge on any atom is -0.341 e. The standard InChI is InChI=1S/C18H24N4O3S3/c1-11-6-5-7-15(12(11)2)19-17-20-21-18(27-17)26-13(3)16(23)22(4)14-8-9-28(24,25)10-14/h5-7,13-14H,8-10H2,1-4H3,(H,19,20)/t13-,14-/m1/s1. The normalized spacial score (nSPS) is 19.4. The molecule has 1 fully saturated rings. The summed E-state index contributed by atoms with van der Waals surface area (Å²) in [4.78, 5) is 14.2. The summed E-state index contributed by atoms with van der Waals surface area (Å²) in [7, 11) is -1.34. The molecule has 7 nitrogen and oxygen atoms in total. The number of benzene rings is 1. The van der Waals surface area contributed by atoms with Gasteiger partial charge in [-0.3, -0.25) is 4.79 Å². The van der Waals surface area contributed by atoms with Crippen molar-refractivity contribution in [1.29, 1.82) is 0 Å². The fourth-order valence-electron chi connectivity index (χ4n) is 3.06. The molecule has 2 atom stereocenters. The van der Waals surface area contributed by atoms with Crippen LogP contribution in [0.2, 0.25) is 0 Å². The predicted molar refractivity (Wildman–Crippen MR) is 114 cm³/mol. The fraction of sp³-hybridized carbons (Fsp3) is 0.500. The third kappa shape index (κ3) is 4.84. The molecule has 1 saturated heterocycles. The molecule has 2 aromatic rings. The Kier molecular flexibility index (Phi) is 6.31. The molecule has 2 heterocycles. The second-order valence-corrected chi connectivity index (χ2v) is 11.8. The van der Waals surface area contributed by atoms with Gasteiger partial charge in [0.15, 0.2) is 14.2 Å². The molecule has 1 aromatic carbocycles. The predicted octanol–water partition coefficient (Wildman–Crippen LogP) is 3.02. The highest BCUT2D eigenvalue weighted by atomic mass is 32.2. The molecule has 0 spiro atoms. The van der Waals surface area contributed by atoms with Crippen molar-refractivity contribution >= 4 is 49.7 Å². The maximum absolute atomic E-state index is 12.7. The Balaban J connectivity index is 1.61. The van der Waals surface area contributed by atoms with E-state index in [0.29, 0.717) is 15.9 Å². The van der Waals surface area contributed by atoms with Crippen LogP contribution in [0.25, 0.3) is 0 Å². The Morgan fingerprint density at radius 1 is 1.36 bits per heavy atom. The van der Waals surface area contributed by atoms with E-state index in [1.165, 1.54) is 28.7 Å². The lowest BCUT2D eigenvalue weighted by Crippen LogP contribution is -2.41. The maximum atomic E-state index is 12.7. The quantitative estimate of drug-likeness (QED) is 0.690. The van der Waals surface area contributed by atoms with Gasteiger partial charge >= 0.3 is 0 Å². The summed E-state index contributed by atoms with van der Waals surface area (Å²) in [5.41, 5.74) is 3.34. The van der Waals surface area contributed by atoms with Crippen LogP contribution in [0.15, 0.2) is 22.5 Å². The molecule has 3 rings (SSSR count). The van der Waals surface area contributed by atoms with Crippen molar-refractivity contribution < 1.29 is 13.2 Å². The highest BCUT2D eigenvalue weighted by molar-refractivity contribution is 8.02. The van der Waals surface area contributed by atoms with E-state index >= 15 is 0 Å². The number of nitrogens with one attached hydrogen (secondary N) is 1. The molecule has 152 valence electrons. The Bertz CT molecular complexity index is 974. The number of thioether (sulfide) groups is 1. The number of hydrogen-bond donors (Lipinski definition) is 1. The van der Waals surface area contributed by atoms with Crippen LogP contribution in [0.1, 0.15) is 24.5 Å². The van der Waals surface area contributed by atoms with E-state index < -0.39 is 9.84 Å². The molecule has 0 bridgehead atoms. The van der Waals surface area contributed by atoms with Crippen LogP contribution in [-0.4, -0.2) is 59.3 Å². The van der Waals surface area contributed by atoms with Crippen molar-refractivity contribution in [2.75, 3.05) is 23.9 Å². The molecule has 1 amide bonds. The van der Waals surface area contributed by atoms with E-state index in [2.05, 4.69) is 28.5 Å². The van der Waals surface area contributed by atoms with Crippen molar-refractivity contribution in [2.45, 2.75) is 42.8 Å². The van der Waals surface area contributed by atoms with E-state index in [1.807, 2.05) is 26.0 Å². The summed E-state index contributed by atoms with van der Waals surface area (Å²) >= 11 is 2.74. The van der Waals surface area contributed by atoms with Crippen molar-refractivity contribution in [3.8, 4) is 0 Å². The Hall–Kier alpha value is -1.65. The van der Waals surface area contributed by atoms with Crippen molar-refractivity contribution in [3.63, 3.8) is 0 Å². The molecule has 1 N–H and O–H groups in total. The molecule has 1 aliphatic heterocycles. The summed E-state index contributed by atoms with van der Waals surface area (Å²) in [6.07, 6.45) is 0.505. The monoisotopic (exact) mass is 440 g/mol. The van der Waals surface area contributed by atoms with Gasteiger partial charge in [-0.2, -0.15) is 0 Å². The summed E-state index contributed by atoms with van der Waals surface area (Å²) in [5, 5.41) is 11.9. The third-order valence-electron chi connectivity index (χ3n) is 4.98. The fourth-order valence-corrected chi connectivity index (χ4v) is 6.84. The average Bonchev–Trinajstić information content (AvgIpc) is 3.23. The van der Waals surface area contributed by atoms with Crippen LogP contribution < -0.4 is 5.32 Å². The largest absolute Gasteiger partial charge is 0.341 e. The highest BCUT2D eigenvalue weighted by Crippen LogP contribution is 2.32. The van der Waals surface area contributed by atoms with Crippen molar-refractivity contribution in [1.82, 2.24) is 15.1 Å². The number of rotatable bonds is 6. The van der Waals surface area contributed by atoms with Gasteiger partial charge in [0.05, 0.1) is 16.8 Å². The van der Waals surface area contributed by atoms with Crippen LogP contribution in [0.3, 0.4) is 0 Å². The van der Waals surface area contributed by atoms with Crippen LogP contribution in [-0.2, 0) is 14.6 Å². The van der Waals surface area contributed by atoms with E-state index in [0.717, 1.165) is 11.3 Å². The van der Waals surface area contributed by atoms with Gasteiger partial charge in [0.2, 0.25) is 11.0 Å². The number of anilines is 2. The van der Waals surface area contributed by atoms with Gasteiger partial charge in [-0.05, 0) is 44.4 Å². The summed E-state index contributed by atoms with van der Waals surface area (Å²) in [5.74, 6) is 0.113. The first kappa shape index (κ1) is 21.1. The minimum absolute atomic E-state index is 0.0509. The first-order valence-electron chi connectivity index (χ1n) is 8.97. The SMILES string of the molecule is Cc1cccc(Nc2nnc(S[C@H](C)C(=O)N(C)[C@@H]3CCS(=O)(=O)C3)s2)c1C. The van der Waals surface area contributed by atoms with Gasteiger partial charge in [0.1, 0.15) is 0 Å². The van der Waals surface area contributed by atoms with Gasteiger partial charge in [-0.15, -0.1) is 10.2 Å². The summed E-state index contributed by atoms with van der Waals surface area (Å²) < 4.78 is 24.0. The zero-order valence-corrected chi connectivity index (χ0v) is 18.7. The summed E-state index contributed by atoms with van der Waals surface area (Å²) in [6.45, 7) is 5.92. The van der Waals surface area contributed by atoms with Gasteiger partial charge in [-0.1, -0.05) is 35.2 Å². The lowest BCUT2D eigenvalue weighted by atomic mass is 10.1. The smallest absolute Gasteiger partial charge is 0.235 e. The van der Waals surface area contributed by atoms with Crippen LogP contribution in [0.4, 0.5) is 10.8 Å². The van der Waals surface area contributed by atoms with Crippen molar-refractivity contribution in [2.24, 2.45) is 0 Å². The number of carbonyl (C=O) groups excluding carboxylic acids is 1. The average molecular weight is 441 g/mol. The van der Waals surface area contributed by atoms with E-state index in [4.69, 9.17) is 0 Å². The number of aromatic nitrogens is 2. The molecule has 0 radical (unpaired) electrons. The number of amides is 1. The molecular weight excluding hydrogens is 416 g/mol. The second-order valence-electron chi connectivity index (χ2n) is 7.01. The van der Waals surface area contributed by atoms with Gasteiger partial charge in [-0.25, -0.2) is 8.42 Å². The molecule has 1 aromatic heterocycles. The number of carbonyl (C=O) groups is 1. The molecule has 28 heavy (non-hydrogen) atoms. The van der Waals surface area contributed by atoms with Crippen LogP contribution >= 0.6 is 23.1 Å². The van der Waals surface area contributed by atoms with E-state index in [9.17, 15) is 13.2 Å². The number of aryl methyl sites for hydroxylation is 1. The Morgan fingerprint density at radius 2 is 2.11 bits per heavy atom. The first-order valence-corrected chi connectivity index (χ1v) is 12.5. The zero-order chi connectivity index (χ0) is 20.5. The van der Waals surface area contributed by atoms with E-state index in [-0.39, 0.29) is 28.7 Å². The molecule has 10 heteroatoms. The molecule has 0 unspecified atom stereocenters. The van der Waals surface area contributed by atoms with Gasteiger partial charge < -0.3 is 10.2 Å². The topological polar surface area (TPSA) is 92.3 Å². The lowest BCUT2D eigenvalue weighted by molar-refractivity contribution is -0.130. The minimum atomic E-state index is -3.02. The Morgan fingerprint density at radius 3 is 2.79 bits per heavy atom. The van der Waals surface area contributed by atoms with Gasteiger partial charge in [0, 0.05) is 18.8 Å². The van der Waals surface area contributed by atoms with Crippen LogP contribution in [0.5, 0.6) is 0 Å². The Labute approximate surface area is 173 Å². The molecular formula is C18H24N4O3S3. The molecule has 1 aliphatic rings. The van der Waals surface area contributed by atoms with E-state index in [1.54, 1.807) is 11.9 Å². The second kappa shape index (κ2) is 8.38. The molecule has 0 saturated carbocycles. The third-order valence-corrected chi connectivity index (χ3v) is 8.74. The van der Waals surface area contributed by atoms with Crippen LogP contribution in [0, 0.1) is 13.8 Å². The number of sulfone groups is 1. The van der Waals surface area contributed by atoms with Crippen molar-refractivity contribution in [3.05, 3.63) is 29.3 Å². The first-order chi connectivity index (χ1) is 13.2. The molecule has 0 aliphatic carbocycles. The van der Waals surface area contributed by atoms with Gasteiger partial charge in [0.25, 0.3) is 0 Å². The lowest BCUT2D eigenvalue weighted by Gasteiger charge is -2.25. The number of nitrogens with zero attached hydrogens (tertiary/aromatic N) is 3. The zero-order valence-electron chi connectivity index (χ0n) is 16.3. The number of hydrogen-bond acceptors (Lipinski definition) is 8. The highest BCUT2D eigenvalue weighted by Gasteiger charge is 2.34. The summed E-state index contributed by atoms with van der Waals surface area (Å²) in [6, 6.07) is 5.80.